The van der Waals surface area contributed by atoms with Crippen LogP contribution in [0.1, 0.15) is 6.92 Å². The van der Waals surface area contributed by atoms with Gasteiger partial charge in [0.25, 0.3) is 0 Å². The molecule has 0 aromatic rings. The Hall–Kier alpha value is -1.30. The second-order valence-electron chi connectivity index (χ2n) is 3.20. The number of rotatable bonds is 6. The molecule has 0 saturated carbocycles. The van der Waals surface area contributed by atoms with Gasteiger partial charge in [-0.3, -0.25) is 9.59 Å². The van der Waals surface area contributed by atoms with Crippen LogP contribution in [-0.2, 0) is 9.59 Å². The van der Waals surface area contributed by atoms with Crippen LogP contribution in [0.25, 0.3) is 0 Å². The molecule has 2 unspecified atom stereocenters. The zero-order valence-corrected chi connectivity index (χ0v) is 8.43. The maximum atomic E-state index is 11.4. The van der Waals surface area contributed by atoms with Gasteiger partial charge in [0.1, 0.15) is 0 Å². The molecule has 84 valence electrons. The molecule has 5 heteroatoms. The number of aliphatic hydroxyl groups excluding tert-OH is 2. The highest BCUT2D eigenvalue weighted by molar-refractivity contribution is 6.07. The number of aliphatic hydroxyl groups is 3. The first-order chi connectivity index (χ1) is 6.81. The predicted molar refractivity (Wildman–Crippen MR) is 53.1 cm³/mol. The second-order valence-corrected chi connectivity index (χ2v) is 3.20. The van der Waals surface area contributed by atoms with E-state index in [-0.39, 0.29) is 5.57 Å². The summed E-state index contributed by atoms with van der Waals surface area (Å²) in [5.74, 6) is -1.92. The molecule has 0 aliphatic heterocycles. The lowest BCUT2D eigenvalue weighted by molar-refractivity contribution is -0.160. The SMILES string of the molecule is C=CC(=O)C(O)C(O)(CO)C(=O)C(=C)C. The summed E-state index contributed by atoms with van der Waals surface area (Å²) >= 11 is 0. The van der Waals surface area contributed by atoms with Crippen LogP contribution in [0.2, 0.25) is 0 Å². The van der Waals surface area contributed by atoms with E-state index >= 15 is 0 Å². The normalized spacial score (nSPS) is 16.3. The standard InChI is InChI=1S/C10H14O5/c1-4-7(12)9(14)10(15,5-11)8(13)6(2)3/h4,9,11,14-15H,1-2,5H2,3H3. The summed E-state index contributed by atoms with van der Waals surface area (Å²) in [4.78, 5) is 22.4. The fraction of sp³-hybridized carbons (Fsp3) is 0.400. The number of hydrogen-bond acceptors (Lipinski definition) is 5. The van der Waals surface area contributed by atoms with Crippen LogP contribution in [0.4, 0.5) is 0 Å². The van der Waals surface area contributed by atoms with Crippen molar-refractivity contribution >= 4 is 11.6 Å². The molecule has 0 heterocycles. The van der Waals surface area contributed by atoms with Gasteiger partial charge in [0.2, 0.25) is 0 Å². The van der Waals surface area contributed by atoms with Crippen molar-refractivity contribution < 1.29 is 24.9 Å². The summed E-state index contributed by atoms with van der Waals surface area (Å²) in [5.41, 5.74) is -2.61. The average Bonchev–Trinajstić information content (AvgIpc) is 2.24. The van der Waals surface area contributed by atoms with Gasteiger partial charge < -0.3 is 15.3 Å². The molecular formula is C10H14O5. The van der Waals surface area contributed by atoms with E-state index in [1.165, 1.54) is 6.92 Å². The van der Waals surface area contributed by atoms with E-state index in [0.717, 1.165) is 6.08 Å². The van der Waals surface area contributed by atoms with Gasteiger partial charge in [0.05, 0.1) is 6.61 Å². The number of Topliss-reactive ketones (excluding diaryl/α,β-unsaturated/α-hetero) is 1. The van der Waals surface area contributed by atoms with Crippen molar-refractivity contribution in [2.24, 2.45) is 0 Å². The van der Waals surface area contributed by atoms with Gasteiger partial charge in [-0.25, -0.2) is 0 Å². The topological polar surface area (TPSA) is 94.8 Å². The van der Waals surface area contributed by atoms with Gasteiger partial charge in [0, 0.05) is 0 Å². The minimum atomic E-state index is -2.54. The highest BCUT2D eigenvalue weighted by Crippen LogP contribution is 2.17. The molecule has 2 atom stereocenters. The van der Waals surface area contributed by atoms with E-state index in [9.17, 15) is 19.8 Å². The van der Waals surface area contributed by atoms with Crippen LogP contribution in [0.15, 0.2) is 24.8 Å². The van der Waals surface area contributed by atoms with E-state index in [1.807, 2.05) is 0 Å². The quantitative estimate of drug-likeness (QED) is 0.491. The van der Waals surface area contributed by atoms with E-state index in [4.69, 9.17) is 5.11 Å². The fourth-order valence-electron chi connectivity index (χ4n) is 0.999. The lowest BCUT2D eigenvalue weighted by Gasteiger charge is -2.27. The zero-order chi connectivity index (χ0) is 12.2. The first kappa shape index (κ1) is 13.7. The Morgan fingerprint density at radius 2 is 2.00 bits per heavy atom. The summed E-state index contributed by atoms with van der Waals surface area (Å²) in [6.07, 6.45) is -1.28. The maximum absolute atomic E-state index is 11.4. The Morgan fingerprint density at radius 1 is 1.53 bits per heavy atom. The summed E-state index contributed by atoms with van der Waals surface area (Å²) in [6.45, 7) is 6.60. The van der Waals surface area contributed by atoms with Crippen LogP contribution in [0, 0.1) is 0 Å². The van der Waals surface area contributed by atoms with E-state index in [2.05, 4.69) is 13.2 Å². The molecule has 0 aromatic heterocycles. The van der Waals surface area contributed by atoms with Crippen LogP contribution in [-0.4, -0.2) is 45.2 Å². The Kier molecular flexibility index (Phi) is 4.54. The van der Waals surface area contributed by atoms with Crippen LogP contribution in [0.3, 0.4) is 0 Å². The van der Waals surface area contributed by atoms with Crippen molar-refractivity contribution in [1.29, 1.82) is 0 Å². The Balaban J connectivity index is 5.17. The molecule has 0 aromatic carbocycles. The largest absolute Gasteiger partial charge is 0.393 e. The molecule has 0 aliphatic rings. The molecule has 0 bridgehead atoms. The molecule has 0 amide bonds. The van der Waals surface area contributed by atoms with Crippen LogP contribution < -0.4 is 0 Å². The number of hydrogen-bond donors (Lipinski definition) is 3. The second kappa shape index (κ2) is 4.97. The monoisotopic (exact) mass is 214 g/mol. The number of carbonyl (C=O) groups excluding carboxylic acids is 2. The summed E-state index contributed by atoms with van der Waals surface area (Å²) < 4.78 is 0. The molecule has 3 N–H and O–H groups in total. The average molecular weight is 214 g/mol. The third-order valence-electron chi connectivity index (χ3n) is 1.94. The van der Waals surface area contributed by atoms with E-state index < -0.39 is 29.9 Å². The zero-order valence-electron chi connectivity index (χ0n) is 8.43. The molecule has 5 nitrogen and oxygen atoms in total. The highest BCUT2D eigenvalue weighted by atomic mass is 16.4. The van der Waals surface area contributed by atoms with Crippen LogP contribution in [0.5, 0.6) is 0 Å². The van der Waals surface area contributed by atoms with Crippen molar-refractivity contribution in [3.8, 4) is 0 Å². The van der Waals surface area contributed by atoms with Gasteiger partial charge >= 0.3 is 0 Å². The van der Waals surface area contributed by atoms with Gasteiger partial charge in [-0.1, -0.05) is 13.2 Å². The first-order valence-electron chi connectivity index (χ1n) is 4.19. The molecule has 0 aliphatic carbocycles. The fourth-order valence-corrected chi connectivity index (χ4v) is 0.999. The predicted octanol–water partition coefficient (Wildman–Crippen LogP) is -1.03. The molecule has 0 spiro atoms. The Morgan fingerprint density at radius 3 is 2.27 bits per heavy atom. The molecule has 0 radical (unpaired) electrons. The van der Waals surface area contributed by atoms with Crippen molar-refractivity contribution in [1.82, 2.24) is 0 Å². The summed E-state index contributed by atoms with van der Waals surface area (Å²) in [7, 11) is 0. The summed E-state index contributed by atoms with van der Waals surface area (Å²) in [6, 6.07) is 0. The van der Waals surface area contributed by atoms with E-state index in [0.29, 0.717) is 0 Å². The van der Waals surface area contributed by atoms with Crippen molar-refractivity contribution in [2.75, 3.05) is 6.61 Å². The minimum absolute atomic E-state index is 0.0672. The lowest BCUT2D eigenvalue weighted by atomic mass is 9.87. The van der Waals surface area contributed by atoms with Gasteiger partial charge in [-0.05, 0) is 18.6 Å². The molecular weight excluding hydrogens is 200 g/mol. The minimum Gasteiger partial charge on any atom is -0.393 e. The van der Waals surface area contributed by atoms with E-state index in [1.54, 1.807) is 0 Å². The smallest absolute Gasteiger partial charge is 0.195 e. The van der Waals surface area contributed by atoms with Gasteiger partial charge in [-0.15, -0.1) is 0 Å². The number of carbonyl (C=O) groups is 2. The summed E-state index contributed by atoms with van der Waals surface area (Å²) in [5, 5.41) is 27.9. The molecule has 15 heavy (non-hydrogen) atoms. The highest BCUT2D eigenvalue weighted by Gasteiger charge is 2.45. The maximum Gasteiger partial charge on any atom is 0.195 e. The Bertz CT molecular complexity index is 307. The molecule has 0 rings (SSSR count). The number of ketones is 2. The van der Waals surface area contributed by atoms with Crippen molar-refractivity contribution in [3.05, 3.63) is 24.8 Å². The molecule has 0 fully saturated rings. The lowest BCUT2D eigenvalue weighted by Crippen LogP contribution is -2.55. The third kappa shape index (κ3) is 2.59. The van der Waals surface area contributed by atoms with Crippen molar-refractivity contribution in [2.45, 2.75) is 18.6 Å². The van der Waals surface area contributed by atoms with Crippen molar-refractivity contribution in [3.63, 3.8) is 0 Å². The van der Waals surface area contributed by atoms with Crippen LogP contribution >= 0.6 is 0 Å². The van der Waals surface area contributed by atoms with Gasteiger partial charge in [0.15, 0.2) is 23.3 Å². The molecule has 0 saturated heterocycles. The first-order valence-corrected chi connectivity index (χ1v) is 4.19. The third-order valence-corrected chi connectivity index (χ3v) is 1.94. The Labute approximate surface area is 87.4 Å². The van der Waals surface area contributed by atoms with Gasteiger partial charge in [-0.2, -0.15) is 0 Å².